The van der Waals surface area contributed by atoms with Gasteiger partial charge in [-0.25, -0.2) is 9.97 Å². The monoisotopic (exact) mass is 357 g/mol. The lowest BCUT2D eigenvalue weighted by molar-refractivity contribution is -0.118. The van der Waals surface area contributed by atoms with Gasteiger partial charge in [0.25, 0.3) is 0 Å². The molecule has 1 aromatic rings. The number of carbonyl (C=O) groups excluding carboxylic acids is 1. The first kappa shape index (κ1) is 18.3. The number of halogens is 1. The smallest absolute Gasteiger partial charge is 0.230 e. The molecule has 1 fully saturated rings. The molecule has 6 nitrogen and oxygen atoms in total. The van der Waals surface area contributed by atoms with Crippen molar-refractivity contribution < 1.29 is 4.79 Å². The molecule has 2 heterocycles. The lowest BCUT2D eigenvalue weighted by Crippen LogP contribution is -2.32. The minimum atomic E-state index is -0.0139. The molecule has 1 saturated heterocycles. The van der Waals surface area contributed by atoms with E-state index >= 15 is 0 Å². The third-order valence-corrected chi connectivity index (χ3v) is 4.60. The summed E-state index contributed by atoms with van der Waals surface area (Å²) in [6, 6.07) is 1.80. The van der Waals surface area contributed by atoms with E-state index in [9.17, 15) is 4.79 Å². The Bertz CT molecular complexity index is 523. The highest BCUT2D eigenvalue weighted by Crippen LogP contribution is 2.24. The normalized spacial score (nSPS) is 15.0. The molecule has 0 spiro atoms. The summed E-state index contributed by atoms with van der Waals surface area (Å²) in [6.45, 7) is 3.47. The van der Waals surface area contributed by atoms with Crippen LogP contribution in [0.25, 0.3) is 0 Å². The van der Waals surface area contributed by atoms with E-state index < -0.39 is 0 Å². The molecule has 0 saturated carbocycles. The van der Waals surface area contributed by atoms with E-state index in [2.05, 4.69) is 20.2 Å². The van der Waals surface area contributed by atoms with Crippen LogP contribution in [0.4, 0.5) is 5.82 Å². The molecule has 8 heteroatoms. The van der Waals surface area contributed by atoms with Crippen LogP contribution in [0.1, 0.15) is 19.3 Å². The largest absolute Gasteiger partial charge is 0.356 e. The zero-order chi connectivity index (χ0) is 16.7. The molecular formula is C15H24ClN5OS. The Labute approximate surface area is 147 Å². The maximum Gasteiger partial charge on any atom is 0.230 e. The van der Waals surface area contributed by atoms with Crippen LogP contribution in [0.15, 0.2) is 11.2 Å². The van der Waals surface area contributed by atoms with Gasteiger partial charge in [0.1, 0.15) is 11.0 Å². The van der Waals surface area contributed by atoms with Crippen molar-refractivity contribution in [1.82, 2.24) is 20.2 Å². The first-order valence-corrected chi connectivity index (χ1v) is 9.25. The predicted octanol–water partition coefficient (Wildman–Crippen LogP) is 1.89. The molecule has 2 rings (SSSR count). The second-order valence-electron chi connectivity index (χ2n) is 5.82. The molecule has 0 aliphatic carbocycles. The molecule has 0 bridgehead atoms. The van der Waals surface area contributed by atoms with Gasteiger partial charge in [0.2, 0.25) is 5.91 Å². The van der Waals surface area contributed by atoms with Gasteiger partial charge in [0.15, 0.2) is 5.16 Å². The van der Waals surface area contributed by atoms with Gasteiger partial charge in [-0.15, -0.1) is 0 Å². The molecule has 0 aromatic carbocycles. The summed E-state index contributed by atoms with van der Waals surface area (Å²) < 4.78 is 0. The number of likely N-dealkylation sites (N-methyl/N-ethyl adjacent to an activating group) is 1. The summed E-state index contributed by atoms with van der Waals surface area (Å²) in [4.78, 5) is 24.8. The Hall–Kier alpha value is -1.05. The number of thioether (sulfide) groups is 1. The number of nitrogens with zero attached hydrogens (tertiary/aromatic N) is 4. The number of anilines is 1. The molecule has 0 atom stereocenters. The van der Waals surface area contributed by atoms with E-state index in [1.54, 1.807) is 6.07 Å². The number of hydrogen-bond acceptors (Lipinski definition) is 6. The second-order valence-corrected chi connectivity index (χ2v) is 7.15. The molecule has 1 aromatic heterocycles. The van der Waals surface area contributed by atoms with Crippen molar-refractivity contribution >= 4 is 35.1 Å². The maximum absolute atomic E-state index is 11.8. The number of hydrogen-bond donors (Lipinski definition) is 1. The lowest BCUT2D eigenvalue weighted by Gasteiger charge is -2.27. The van der Waals surface area contributed by atoms with Gasteiger partial charge in [-0.2, -0.15) is 0 Å². The summed E-state index contributed by atoms with van der Waals surface area (Å²) in [5.74, 6) is 1.15. The van der Waals surface area contributed by atoms with E-state index in [0.29, 0.717) is 22.6 Å². The summed E-state index contributed by atoms with van der Waals surface area (Å²) in [5.41, 5.74) is 0. The van der Waals surface area contributed by atoms with Crippen molar-refractivity contribution in [3.05, 3.63) is 11.2 Å². The van der Waals surface area contributed by atoms with Crippen molar-refractivity contribution in [3.8, 4) is 0 Å². The van der Waals surface area contributed by atoms with Crippen molar-refractivity contribution in [1.29, 1.82) is 0 Å². The Balaban J connectivity index is 1.87. The highest BCUT2D eigenvalue weighted by Gasteiger charge is 2.15. The molecule has 1 N–H and O–H groups in total. The summed E-state index contributed by atoms with van der Waals surface area (Å²) >= 11 is 7.43. The van der Waals surface area contributed by atoms with E-state index in [-0.39, 0.29) is 5.91 Å². The maximum atomic E-state index is 11.8. The van der Waals surface area contributed by atoms with Crippen LogP contribution in [0.3, 0.4) is 0 Å². The lowest BCUT2D eigenvalue weighted by atomic mass is 10.1. The average Bonchev–Trinajstić information content (AvgIpc) is 2.53. The van der Waals surface area contributed by atoms with Crippen LogP contribution in [0.2, 0.25) is 5.15 Å². The van der Waals surface area contributed by atoms with Crippen molar-refractivity contribution in [2.45, 2.75) is 24.4 Å². The number of amides is 1. The number of nitrogens with one attached hydrogen (secondary N) is 1. The van der Waals surface area contributed by atoms with Gasteiger partial charge in [-0.05, 0) is 33.4 Å². The molecule has 0 radical (unpaired) electrons. The predicted molar refractivity (Wildman–Crippen MR) is 95.4 cm³/mol. The summed E-state index contributed by atoms with van der Waals surface area (Å²) in [7, 11) is 3.95. The number of rotatable bonds is 7. The fourth-order valence-corrected chi connectivity index (χ4v) is 3.25. The molecule has 1 aliphatic rings. The van der Waals surface area contributed by atoms with Gasteiger partial charge in [0, 0.05) is 32.2 Å². The van der Waals surface area contributed by atoms with Gasteiger partial charge in [0.05, 0.1) is 5.75 Å². The van der Waals surface area contributed by atoms with E-state index in [0.717, 1.165) is 25.5 Å². The molecule has 128 valence electrons. The minimum Gasteiger partial charge on any atom is -0.356 e. The van der Waals surface area contributed by atoms with Crippen molar-refractivity contribution in [2.24, 2.45) is 0 Å². The molecular weight excluding hydrogens is 334 g/mol. The number of aromatic nitrogens is 2. The van der Waals surface area contributed by atoms with Gasteiger partial charge in [-0.1, -0.05) is 23.4 Å². The zero-order valence-electron chi connectivity index (χ0n) is 13.7. The topological polar surface area (TPSA) is 61.4 Å². The van der Waals surface area contributed by atoms with Gasteiger partial charge in [-0.3, -0.25) is 4.79 Å². The Morgan fingerprint density at radius 2 is 2.09 bits per heavy atom. The van der Waals surface area contributed by atoms with E-state index in [4.69, 9.17) is 11.6 Å². The van der Waals surface area contributed by atoms with Crippen molar-refractivity contribution in [2.75, 3.05) is 50.9 Å². The first-order valence-electron chi connectivity index (χ1n) is 7.88. The number of carbonyl (C=O) groups is 1. The molecule has 1 aliphatic heterocycles. The summed E-state index contributed by atoms with van der Waals surface area (Å²) in [5, 5.41) is 3.86. The van der Waals surface area contributed by atoms with Crippen molar-refractivity contribution in [3.63, 3.8) is 0 Å². The Kier molecular flexibility index (Phi) is 7.39. The first-order chi connectivity index (χ1) is 11.0. The molecule has 23 heavy (non-hydrogen) atoms. The fraction of sp³-hybridized carbons (Fsp3) is 0.667. The van der Waals surface area contributed by atoms with Gasteiger partial charge >= 0.3 is 0 Å². The quantitative estimate of drug-likeness (QED) is 0.457. The van der Waals surface area contributed by atoms with Crippen LogP contribution < -0.4 is 10.2 Å². The van der Waals surface area contributed by atoms with Crippen LogP contribution in [-0.2, 0) is 4.79 Å². The standard InChI is InChI=1S/C15H24ClN5OS/c1-20(2)9-6-17-14(22)11-23-15-18-12(16)10-13(19-15)21-7-4-3-5-8-21/h10H,3-9,11H2,1-2H3,(H,17,22). The van der Waals surface area contributed by atoms with Crippen LogP contribution in [-0.4, -0.2) is 66.8 Å². The van der Waals surface area contributed by atoms with E-state index in [1.807, 2.05) is 19.0 Å². The molecule has 1 amide bonds. The van der Waals surface area contributed by atoms with Crippen LogP contribution in [0.5, 0.6) is 0 Å². The Morgan fingerprint density at radius 1 is 1.35 bits per heavy atom. The number of piperidine rings is 1. The third kappa shape index (κ3) is 6.53. The SMILES string of the molecule is CN(C)CCNC(=O)CSc1nc(Cl)cc(N2CCCCC2)n1. The highest BCUT2D eigenvalue weighted by atomic mass is 35.5. The highest BCUT2D eigenvalue weighted by molar-refractivity contribution is 7.99. The van der Waals surface area contributed by atoms with Gasteiger partial charge < -0.3 is 15.1 Å². The molecule has 0 unspecified atom stereocenters. The minimum absolute atomic E-state index is 0.0139. The Morgan fingerprint density at radius 3 is 2.78 bits per heavy atom. The van der Waals surface area contributed by atoms with Crippen LogP contribution in [0, 0.1) is 0 Å². The van der Waals surface area contributed by atoms with Crippen LogP contribution >= 0.6 is 23.4 Å². The summed E-state index contributed by atoms with van der Waals surface area (Å²) in [6.07, 6.45) is 3.63. The fourth-order valence-electron chi connectivity index (χ4n) is 2.34. The average molecular weight is 358 g/mol. The third-order valence-electron chi connectivity index (χ3n) is 3.55. The second kappa shape index (κ2) is 9.30. The zero-order valence-corrected chi connectivity index (χ0v) is 15.3. The van der Waals surface area contributed by atoms with E-state index in [1.165, 1.54) is 31.0 Å².